The maximum atomic E-state index is 12.9. The fourth-order valence-electron chi connectivity index (χ4n) is 1.71. The molecule has 0 radical (unpaired) electrons. The number of hydrogen-bond acceptors (Lipinski definition) is 4. The largest absolute Gasteiger partial charge is 0.586 e. The predicted molar refractivity (Wildman–Crippen MR) is 73.3 cm³/mol. The zero-order chi connectivity index (χ0) is 14.8. The molecule has 0 aromatic heterocycles. The molecular weight excluding hydrogens is 290 g/mol. The minimum Gasteiger partial charge on any atom is -0.395 e. The van der Waals surface area contributed by atoms with E-state index in [-0.39, 0.29) is 17.5 Å². The molecule has 1 aliphatic rings. The van der Waals surface area contributed by atoms with Crippen molar-refractivity contribution in [3.05, 3.63) is 18.2 Å². The van der Waals surface area contributed by atoms with Gasteiger partial charge in [0.15, 0.2) is 16.6 Å². The zero-order valence-electron chi connectivity index (χ0n) is 10.9. The summed E-state index contributed by atoms with van der Waals surface area (Å²) in [5, 5.41) is 6.22. The van der Waals surface area contributed by atoms with Crippen LogP contribution in [-0.2, 0) is 4.74 Å². The van der Waals surface area contributed by atoms with Gasteiger partial charge in [0.05, 0.1) is 6.61 Å². The molecule has 1 atom stereocenters. The standard InChI is InChI=1S/C12H14F2N2O3S/c1-7(6-17-2)15-11(20)16-8-3-4-9-10(5-8)19-12(13,14)18-9/h3-5,7H,6H2,1-2H3,(H2,15,16,20). The predicted octanol–water partition coefficient (Wildman–Crippen LogP) is 2.33. The lowest BCUT2D eigenvalue weighted by molar-refractivity contribution is -0.286. The number of rotatable bonds is 4. The number of methoxy groups -OCH3 is 1. The van der Waals surface area contributed by atoms with Gasteiger partial charge in [-0.1, -0.05) is 0 Å². The van der Waals surface area contributed by atoms with Gasteiger partial charge in [-0.05, 0) is 31.3 Å². The van der Waals surface area contributed by atoms with Crippen molar-refractivity contribution >= 4 is 23.0 Å². The van der Waals surface area contributed by atoms with Crippen molar-refractivity contribution in [1.29, 1.82) is 0 Å². The molecule has 0 aliphatic carbocycles. The Morgan fingerprint density at radius 1 is 1.40 bits per heavy atom. The number of thiocarbonyl (C=S) groups is 1. The van der Waals surface area contributed by atoms with Crippen LogP contribution in [0, 0.1) is 0 Å². The highest BCUT2D eigenvalue weighted by molar-refractivity contribution is 7.80. The first kappa shape index (κ1) is 14.7. The van der Waals surface area contributed by atoms with Gasteiger partial charge in [0.2, 0.25) is 0 Å². The van der Waals surface area contributed by atoms with E-state index >= 15 is 0 Å². The van der Waals surface area contributed by atoms with Crippen LogP contribution in [0.2, 0.25) is 0 Å². The molecule has 0 saturated heterocycles. The summed E-state index contributed by atoms with van der Waals surface area (Å²) in [6.45, 7) is 2.40. The van der Waals surface area contributed by atoms with Crippen LogP contribution in [0.3, 0.4) is 0 Å². The van der Waals surface area contributed by atoms with Gasteiger partial charge in [0.25, 0.3) is 0 Å². The summed E-state index contributed by atoms with van der Waals surface area (Å²) < 4.78 is 39.4. The quantitative estimate of drug-likeness (QED) is 0.833. The Bertz CT molecular complexity index is 513. The van der Waals surface area contributed by atoms with Gasteiger partial charge < -0.3 is 24.8 Å². The summed E-state index contributed by atoms with van der Waals surface area (Å²) in [4.78, 5) is 0. The third kappa shape index (κ3) is 3.67. The van der Waals surface area contributed by atoms with Gasteiger partial charge in [0, 0.05) is 24.9 Å². The number of ether oxygens (including phenoxy) is 3. The molecule has 0 fully saturated rings. The van der Waals surface area contributed by atoms with Crippen LogP contribution in [0.5, 0.6) is 11.5 Å². The summed E-state index contributed by atoms with van der Waals surface area (Å²) in [5.41, 5.74) is 0.521. The second-order valence-electron chi connectivity index (χ2n) is 4.28. The summed E-state index contributed by atoms with van der Waals surface area (Å²) in [6.07, 6.45) is -3.62. The number of fused-ring (bicyclic) bond motifs is 1. The van der Waals surface area contributed by atoms with E-state index in [4.69, 9.17) is 17.0 Å². The summed E-state index contributed by atoms with van der Waals surface area (Å²) in [7, 11) is 1.59. The number of benzene rings is 1. The van der Waals surface area contributed by atoms with Crippen LogP contribution < -0.4 is 20.1 Å². The first-order valence-electron chi connectivity index (χ1n) is 5.86. The van der Waals surface area contributed by atoms with E-state index in [1.807, 2.05) is 6.92 Å². The second-order valence-corrected chi connectivity index (χ2v) is 4.69. The van der Waals surface area contributed by atoms with Gasteiger partial charge in [-0.25, -0.2) is 0 Å². The lowest BCUT2D eigenvalue weighted by atomic mass is 10.3. The van der Waals surface area contributed by atoms with Crippen LogP contribution in [-0.4, -0.2) is 31.2 Å². The molecule has 0 bridgehead atoms. The summed E-state index contributed by atoms with van der Waals surface area (Å²) >= 11 is 5.10. The number of nitrogens with one attached hydrogen (secondary N) is 2. The lowest BCUT2D eigenvalue weighted by Gasteiger charge is -2.16. The zero-order valence-corrected chi connectivity index (χ0v) is 11.7. The SMILES string of the molecule is COCC(C)NC(=S)Nc1ccc2c(c1)OC(F)(F)O2. The van der Waals surface area contributed by atoms with Gasteiger partial charge in [-0.15, -0.1) is 8.78 Å². The smallest absolute Gasteiger partial charge is 0.395 e. The van der Waals surface area contributed by atoms with E-state index < -0.39 is 6.29 Å². The molecular formula is C12H14F2N2O3S. The van der Waals surface area contributed by atoms with Gasteiger partial charge >= 0.3 is 6.29 Å². The van der Waals surface area contributed by atoms with E-state index in [2.05, 4.69) is 20.1 Å². The lowest BCUT2D eigenvalue weighted by Crippen LogP contribution is -2.38. The van der Waals surface area contributed by atoms with Crippen molar-refractivity contribution in [1.82, 2.24) is 5.32 Å². The van der Waals surface area contributed by atoms with Crippen molar-refractivity contribution in [2.75, 3.05) is 19.0 Å². The third-order valence-electron chi connectivity index (χ3n) is 2.45. The average Bonchev–Trinajstić information content (AvgIpc) is 2.62. The van der Waals surface area contributed by atoms with Gasteiger partial charge in [0.1, 0.15) is 0 Å². The second kappa shape index (κ2) is 5.76. The minimum atomic E-state index is -3.62. The molecule has 1 aromatic rings. The number of anilines is 1. The van der Waals surface area contributed by atoms with E-state index in [9.17, 15) is 8.78 Å². The van der Waals surface area contributed by atoms with E-state index in [0.29, 0.717) is 17.4 Å². The van der Waals surface area contributed by atoms with Crippen LogP contribution >= 0.6 is 12.2 Å². The van der Waals surface area contributed by atoms with Crippen molar-refractivity contribution in [3.63, 3.8) is 0 Å². The molecule has 2 N–H and O–H groups in total. The van der Waals surface area contributed by atoms with Crippen molar-refractivity contribution in [2.45, 2.75) is 19.3 Å². The highest BCUT2D eigenvalue weighted by Crippen LogP contribution is 2.42. The minimum absolute atomic E-state index is 0.00724. The Morgan fingerprint density at radius 2 is 2.10 bits per heavy atom. The van der Waals surface area contributed by atoms with Gasteiger partial charge in [-0.2, -0.15) is 0 Å². The molecule has 5 nitrogen and oxygen atoms in total. The van der Waals surface area contributed by atoms with Crippen LogP contribution in [0.25, 0.3) is 0 Å². The van der Waals surface area contributed by atoms with Crippen LogP contribution in [0.1, 0.15) is 6.92 Å². The van der Waals surface area contributed by atoms with E-state index in [0.717, 1.165) is 0 Å². The number of hydrogen-bond donors (Lipinski definition) is 2. The topological polar surface area (TPSA) is 51.8 Å². The molecule has 1 aliphatic heterocycles. The highest BCUT2D eigenvalue weighted by atomic mass is 32.1. The first-order chi connectivity index (χ1) is 9.39. The monoisotopic (exact) mass is 304 g/mol. The molecule has 0 saturated carbocycles. The Labute approximate surface area is 120 Å². The molecule has 1 aromatic carbocycles. The summed E-state index contributed by atoms with van der Waals surface area (Å²) in [5.74, 6) is -0.0417. The average molecular weight is 304 g/mol. The molecule has 8 heteroatoms. The van der Waals surface area contributed by atoms with Crippen LogP contribution in [0.15, 0.2) is 18.2 Å². The number of halogens is 2. The molecule has 0 amide bonds. The summed E-state index contributed by atoms with van der Waals surface area (Å²) in [6, 6.07) is 4.38. The van der Waals surface area contributed by atoms with E-state index in [1.165, 1.54) is 12.1 Å². The Balaban J connectivity index is 1.97. The normalized spacial score (nSPS) is 16.6. The molecule has 0 spiro atoms. The molecule has 110 valence electrons. The first-order valence-corrected chi connectivity index (χ1v) is 6.27. The van der Waals surface area contributed by atoms with Crippen molar-refractivity contribution in [2.24, 2.45) is 0 Å². The van der Waals surface area contributed by atoms with Crippen molar-refractivity contribution < 1.29 is 23.0 Å². The van der Waals surface area contributed by atoms with Crippen molar-refractivity contribution in [3.8, 4) is 11.5 Å². The number of alkyl halides is 2. The van der Waals surface area contributed by atoms with E-state index in [1.54, 1.807) is 13.2 Å². The molecule has 1 heterocycles. The molecule has 20 heavy (non-hydrogen) atoms. The highest BCUT2D eigenvalue weighted by Gasteiger charge is 2.43. The Kier molecular flexibility index (Phi) is 4.24. The van der Waals surface area contributed by atoms with Crippen LogP contribution in [0.4, 0.5) is 14.5 Å². The maximum absolute atomic E-state index is 12.9. The molecule has 1 unspecified atom stereocenters. The van der Waals surface area contributed by atoms with Gasteiger partial charge in [-0.3, -0.25) is 0 Å². The Hall–Kier alpha value is -1.67. The third-order valence-corrected chi connectivity index (χ3v) is 2.67. The molecule has 2 rings (SSSR count). The fraction of sp³-hybridized carbons (Fsp3) is 0.417. The maximum Gasteiger partial charge on any atom is 0.586 e. The fourth-order valence-corrected chi connectivity index (χ4v) is 2.03. The Morgan fingerprint density at radius 3 is 2.80 bits per heavy atom.